The molecule has 1 N–H and O–H groups in total. The molecule has 0 aliphatic heterocycles. The van der Waals surface area contributed by atoms with Crippen LogP contribution in [0.2, 0.25) is 0 Å². The molecule has 1 nitrogen and oxygen atoms in total. The molecule has 2 heteroatoms. The first-order valence-electron chi connectivity index (χ1n) is 13.6. The van der Waals surface area contributed by atoms with E-state index < -0.39 is 0 Å². The Morgan fingerprint density at radius 2 is 1.07 bits per heavy atom. The second kappa shape index (κ2) is 9.37. The summed E-state index contributed by atoms with van der Waals surface area (Å²) in [4.78, 5) is 0. The molecule has 0 saturated heterocycles. The minimum absolute atomic E-state index is 1.09. The predicted octanol–water partition coefficient (Wildman–Crippen LogP) is 11.4. The Hall–Kier alpha value is -4.92. The van der Waals surface area contributed by atoms with Crippen molar-refractivity contribution in [2.45, 2.75) is 0 Å². The summed E-state index contributed by atoms with van der Waals surface area (Å²) >= 11 is 1.85. The lowest BCUT2D eigenvalue weighted by Crippen LogP contribution is -1.91. The minimum atomic E-state index is 1.09. The summed E-state index contributed by atoms with van der Waals surface area (Å²) in [6, 6.07) is 52.6. The first-order valence-corrected chi connectivity index (χ1v) is 14.4. The Balaban J connectivity index is 1.20. The second-order valence-electron chi connectivity index (χ2n) is 10.3. The fourth-order valence-corrected chi connectivity index (χ4v) is 7.08. The average Bonchev–Trinajstić information content (AvgIpc) is 3.40. The maximum atomic E-state index is 3.68. The molecule has 0 spiro atoms. The normalized spacial score (nSPS) is 11.5. The summed E-state index contributed by atoms with van der Waals surface area (Å²) in [7, 11) is 0. The van der Waals surface area contributed by atoms with Gasteiger partial charge in [-0.2, -0.15) is 0 Å². The van der Waals surface area contributed by atoms with E-state index in [1.807, 2.05) is 11.3 Å². The quantitative estimate of drug-likeness (QED) is 0.240. The predicted molar refractivity (Wildman–Crippen MR) is 175 cm³/mol. The highest BCUT2D eigenvalue weighted by atomic mass is 32.1. The first kappa shape index (κ1) is 23.0. The van der Waals surface area contributed by atoms with Crippen LogP contribution in [0.5, 0.6) is 0 Å². The van der Waals surface area contributed by atoms with Crippen LogP contribution in [0.25, 0.3) is 64.0 Å². The van der Waals surface area contributed by atoms with Gasteiger partial charge in [0.05, 0.1) is 10.4 Å². The molecule has 0 unspecified atom stereocenters. The molecule has 0 fully saturated rings. The van der Waals surface area contributed by atoms with E-state index >= 15 is 0 Å². The Kier molecular flexibility index (Phi) is 5.39. The highest BCUT2D eigenvalue weighted by Gasteiger charge is 2.12. The number of hydrogen-bond donors (Lipinski definition) is 1. The van der Waals surface area contributed by atoms with Gasteiger partial charge in [-0.25, -0.2) is 0 Å². The zero-order valence-corrected chi connectivity index (χ0v) is 22.6. The van der Waals surface area contributed by atoms with Crippen LogP contribution in [0.4, 0.5) is 11.4 Å². The second-order valence-corrected chi connectivity index (χ2v) is 11.3. The molecule has 1 aromatic heterocycles. The van der Waals surface area contributed by atoms with Gasteiger partial charge in [-0.05, 0) is 80.2 Å². The van der Waals surface area contributed by atoms with Crippen molar-refractivity contribution in [2.75, 3.05) is 5.32 Å². The third kappa shape index (κ3) is 3.85. The van der Waals surface area contributed by atoms with Gasteiger partial charge in [-0.15, -0.1) is 11.3 Å². The van der Waals surface area contributed by atoms with E-state index in [2.05, 4.69) is 151 Å². The van der Waals surface area contributed by atoms with Crippen molar-refractivity contribution in [1.29, 1.82) is 0 Å². The van der Waals surface area contributed by atoms with Crippen molar-refractivity contribution < 1.29 is 0 Å². The van der Waals surface area contributed by atoms with Crippen molar-refractivity contribution in [3.63, 3.8) is 0 Å². The van der Waals surface area contributed by atoms with Crippen molar-refractivity contribution in [3.8, 4) is 22.3 Å². The van der Waals surface area contributed by atoms with E-state index in [1.54, 1.807) is 0 Å². The van der Waals surface area contributed by atoms with E-state index in [9.17, 15) is 0 Å². The van der Waals surface area contributed by atoms with Crippen LogP contribution in [0.3, 0.4) is 0 Å². The van der Waals surface area contributed by atoms with Gasteiger partial charge in [-0.1, -0.05) is 109 Å². The molecule has 188 valence electrons. The summed E-state index contributed by atoms with van der Waals surface area (Å²) in [5.74, 6) is 0. The zero-order chi connectivity index (χ0) is 26.5. The van der Waals surface area contributed by atoms with E-state index in [0.717, 1.165) is 11.4 Å². The number of nitrogens with one attached hydrogen (secondary N) is 1. The van der Waals surface area contributed by atoms with E-state index in [4.69, 9.17) is 0 Å². The highest BCUT2D eigenvalue weighted by Crippen LogP contribution is 2.40. The Morgan fingerprint density at radius 3 is 1.93 bits per heavy atom. The SMILES string of the molecule is c1ccc2c(-c3cc(-c4ccc(Nc5cccc6c5sc5ccccc56)cc4)cc4ccccc34)cccc2c1. The number of thiophene rings is 1. The van der Waals surface area contributed by atoms with Crippen LogP contribution < -0.4 is 5.32 Å². The molecule has 0 aliphatic carbocycles. The molecule has 1 heterocycles. The molecule has 8 aromatic rings. The molecule has 40 heavy (non-hydrogen) atoms. The number of benzene rings is 7. The van der Waals surface area contributed by atoms with Gasteiger partial charge >= 0.3 is 0 Å². The molecule has 0 bridgehead atoms. The van der Waals surface area contributed by atoms with Crippen LogP contribution >= 0.6 is 11.3 Å². The summed E-state index contributed by atoms with van der Waals surface area (Å²) in [6.45, 7) is 0. The van der Waals surface area contributed by atoms with Crippen LogP contribution in [0, 0.1) is 0 Å². The maximum Gasteiger partial charge on any atom is 0.0590 e. The van der Waals surface area contributed by atoms with Gasteiger partial charge in [0.1, 0.15) is 0 Å². The number of hydrogen-bond acceptors (Lipinski definition) is 2. The zero-order valence-electron chi connectivity index (χ0n) is 21.8. The maximum absolute atomic E-state index is 3.68. The van der Waals surface area contributed by atoms with Gasteiger partial charge in [0.2, 0.25) is 0 Å². The Morgan fingerprint density at radius 1 is 0.425 bits per heavy atom. The van der Waals surface area contributed by atoms with Gasteiger partial charge in [0, 0.05) is 21.2 Å². The fraction of sp³-hybridized carbons (Fsp3) is 0. The van der Waals surface area contributed by atoms with Crippen LogP contribution in [0.1, 0.15) is 0 Å². The summed E-state index contributed by atoms with van der Waals surface area (Å²) in [5, 5.41) is 11.4. The molecule has 0 aliphatic rings. The number of rotatable bonds is 4. The van der Waals surface area contributed by atoms with E-state index in [0.29, 0.717) is 0 Å². The van der Waals surface area contributed by atoms with Crippen LogP contribution in [0.15, 0.2) is 146 Å². The lowest BCUT2D eigenvalue weighted by Gasteiger charge is -2.14. The van der Waals surface area contributed by atoms with Gasteiger partial charge in [0.25, 0.3) is 0 Å². The van der Waals surface area contributed by atoms with E-state index in [1.165, 1.54) is 64.0 Å². The van der Waals surface area contributed by atoms with Crippen molar-refractivity contribution in [3.05, 3.63) is 146 Å². The molecule has 7 aromatic carbocycles. The lowest BCUT2D eigenvalue weighted by atomic mass is 9.90. The summed E-state index contributed by atoms with van der Waals surface area (Å²) in [6.07, 6.45) is 0. The summed E-state index contributed by atoms with van der Waals surface area (Å²) < 4.78 is 2.61. The highest BCUT2D eigenvalue weighted by molar-refractivity contribution is 7.26. The van der Waals surface area contributed by atoms with Gasteiger partial charge < -0.3 is 5.32 Å². The molecule has 0 amide bonds. The molecule has 0 radical (unpaired) electrons. The molecular weight excluding hydrogens is 502 g/mol. The van der Waals surface area contributed by atoms with Crippen molar-refractivity contribution in [1.82, 2.24) is 0 Å². The molecule has 8 rings (SSSR count). The largest absolute Gasteiger partial charge is 0.354 e. The fourth-order valence-electron chi connectivity index (χ4n) is 5.91. The van der Waals surface area contributed by atoms with E-state index in [-0.39, 0.29) is 0 Å². The molecule has 0 atom stereocenters. The third-order valence-corrected chi connectivity index (χ3v) is 9.06. The van der Waals surface area contributed by atoms with Crippen LogP contribution in [-0.2, 0) is 0 Å². The molecular formula is C38H25NS. The third-order valence-electron chi connectivity index (χ3n) is 7.84. The van der Waals surface area contributed by atoms with Gasteiger partial charge in [0.15, 0.2) is 0 Å². The Labute approximate surface area is 237 Å². The Bertz CT molecular complexity index is 2180. The number of anilines is 2. The van der Waals surface area contributed by atoms with Crippen LogP contribution in [-0.4, -0.2) is 0 Å². The first-order chi connectivity index (χ1) is 19.8. The van der Waals surface area contributed by atoms with Crippen molar-refractivity contribution in [2.24, 2.45) is 0 Å². The monoisotopic (exact) mass is 527 g/mol. The standard InChI is InChI=1S/C38H25NS/c1-3-12-30-26(9-1)11-7-15-32(30)35-24-28(23-27-10-2-4-13-31(27)35)25-19-21-29(22-20-25)39-36-17-8-16-34-33-14-5-6-18-37(33)40-38(34)36/h1-24,39H. The topological polar surface area (TPSA) is 12.0 Å². The number of fused-ring (bicyclic) bond motifs is 5. The summed E-state index contributed by atoms with van der Waals surface area (Å²) in [5.41, 5.74) is 7.20. The smallest absolute Gasteiger partial charge is 0.0590 e. The van der Waals surface area contributed by atoms with Crippen molar-refractivity contribution >= 4 is 64.4 Å². The lowest BCUT2D eigenvalue weighted by molar-refractivity contribution is 1.57. The van der Waals surface area contributed by atoms with Gasteiger partial charge in [-0.3, -0.25) is 0 Å². The molecule has 0 saturated carbocycles. The minimum Gasteiger partial charge on any atom is -0.354 e. The average molecular weight is 528 g/mol.